The van der Waals surface area contributed by atoms with Crippen LogP contribution in [0, 0.1) is 5.41 Å². The molecule has 1 aromatic rings. The summed E-state index contributed by atoms with van der Waals surface area (Å²) in [5.41, 5.74) is 9.78. The molecule has 2 aliphatic carbocycles. The van der Waals surface area contributed by atoms with Crippen LogP contribution in [0.5, 0.6) is 0 Å². The molecule has 2 fully saturated rings. The quantitative estimate of drug-likeness (QED) is 0.822. The number of nitrogens with two attached hydrogens (primary N) is 1. The molecule has 1 heteroatoms. The van der Waals surface area contributed by atoms with E-state index >= 15 is 0 Å². The van der Waals surface area contributed by atoms with Gasteiger partial charge in [0.15, 0.2) is 0 Å². The second-order valence-electron chi connectivity index (χ2n) is 7.22. The number of hydrogen-bond donors (Lipinski definition) is 1. The number of rotatable bonds is 2. The Bertz CT molecular complexity index is 433. The minimum Gasteiger partial charge on any atom is -0.321 e. The van der Waals surface area contributed by atoms with Gasteiger partial charge in [-0.1, -0.05) is 38.1 Å². The highest BCUT2D eigenvalue weighted by molar-refractivity contribution is 5.35. The molecule has 0 saturated heterocycles. The first-order valence-corrected chi connectivity index (χ1v) is 7.38. The van der Waals surface area contributed by atoms with E-state index in [4.69, 9.17) is 5.73 Å². The van der Waals surface area contributed by atoms with E-state index in [0.29, 0.717) is 5.41 Å². The summed E-state index contributed by atoms with van der Waals surface area (Å²) in [5.74, 6) is 0.764. The largest absolute Gasteiger partial charge is 0.321 e. The first kappa shape index (κ1) is 12.2. The Labute approximate surface area is 111 Å². The molecule has 18 heavy (non-hydrogen) atoms. The second kappa shape index (κ2) is 4.09. The zero-order valence-corrected chi connectivity index (χ0v) is 11.7. The van der Waals surface area contributed by atoms with Crippen molar-refractivity contribution < 1.29 is 0 Å². The molecular weight excluding hydrogens is 218 g/mol. The Morgan fingerprint density at radius 2 is 1.72 bits per heavy atom. The van der Waals surface area contributed by atoms with Crippen LogP contribution in [0.3, 0.4) is 0 Å². The minimum atomic E-state index is 0.0178. The lowest BCUT2D eigenvalue weighted by atomic mass is 9.71. The molecule has 2 N–H and O–H groups in total. The van der Waals surface area contributed by atoms with Crippen LogP contribution in [0.15, 0.2) is 24.3 Å². The number of hydrogen-bond acceptors (Lipinski definition) is 1. The molecule has 3 rings (SSSR count). The van der Waals surface area contributed by atoms with Gasteiger partial charge in [-0.25, -0.2) is 0 Å². The van der Waals surface area contributed by atoms with Crippen molar-refractivity contribution in [3.63, 3.8) is 0 Å². The van der Waals surface area contributed by atoms with Crippen LogP contribution in [0.1, 0.15) is 69.4 Å². The molecule has 0 spiro atoms. The lowest BCUT2D eigenvalue weighted by molar-refractivity contribution is 0.224. The fourth-order valence-corrected chi connectivity index (χ4v) is 3.26. The summed E-state index contributed by atoms with van der Waals surface area (Å²) >= 11 is 0. The molecular formula is C17H25N. The van der Waals surface area contributed by atoms with Gasteiger partial charge in [-0.2, -0.15) is 0 Å². The molecule has 0 bridgehead atoms. The maximum atomic E-state index is 6.31. The van der Waals surface area contributed by atoms with E-state index in [1.54, 1.807) is 0 Å². The minimum absolute atomic E-state index is 0.0178. The molecule has 0 aliphatic heterocycles. The van der Waals surface area contributed by atoms with Gasteiger partial charge in [0.1, 0.15) is 0 Å². The third-order valence-corrected chi connectivity index (χ3v) is 5.06. The monoisotopic (exact) mass is 243 g/mol. The highest BCUT2D eigenvalue weighted by Crippen LogP contribution is 2.45. The summed E-state index contributed by atoms with van der Waals surface area (Å²) < 4.78 is 0. The fourth-order valence-electron chi connectivity index (χ4n) is 3.26. The van der Waals surface area contributed by atoms with Gasteiger partial charge in [-0.15, -0.1) is 0 Å². The van der Waals surface area contributed by atoms with Gasteiger partial charge >= 0.3 is 0 Å². The Morgan fingerprint density at radius 1 is 1.06 bits per heavy atom. The summed E-state index contributed by atoms with van der Waals surface area (Å²) in [6.45, 7) is 4.80. The molecule has 0 aromatic heterocycles. The van der Waals surface area contributed by atoms with Gasteiger partial charge in [-0.05, 0) is 61.0 Å². The van der Waals surface area contributed by atoms with Crippen molar-refractivity contribution in [1.29, 1.82) is 0 Å². The highest BCUT2D eigenvalue weighted by Gasteiger charge is 2.40. The standard InChI is InChI=1S/C17H25N/c1-16(2)8-6-13(7-9-16)14-4-3-5-15(12-14)17(18)10-11-17/h3-5,12-13H,6-11,18H2,1-2H3. The summed E-state index contributed by atoms with van der Waals surface area (Å²) in [7, 11) is 0. The smallest absolute Gasteiger partial charge is 0.0411 e. The van der Waals surface area contributed by atoms with Gasteiger partial charge < -0.3 is 5.73 Å². The third kappa shape index (κ3) is 2.33. The first-order chi connectivity index (χ1) is 8.49. The molecule has 0 atom stereocenters. The van der Waals surface area contributed by atoms with Crippen molar-refractivity contribution >= 4 is 0 Å². The predicted octanol–water partition coefficient (Wildman–Crippen LogP) is 4.32. The van der Waals surface area contributed by atoms with Gasteiger partial charge in [0.2, 0.25) is 0 Å². The summed E-state index contributed by atoms with van der Waals surface area (Å²) in [5, 5.41) is 0. The van der Waals surface area contributed by atoms with Crippen LogP contribution >= 0.6 is 0 Å². The van der Waals surface area contributed by atoms with E-state index in [1.807, 2.05) is 0 Å². The van der Waals surface area contributed by atoms with Crippen LogP contribution in [-0.2, 0) is 5.54 Å². The van der Waals surface area contributed by atoms with Gasteiger partial charge in [0, 0.05) is 5.54 Å². The van der Waals surface area contributed by atoms with Crippen LogP contribution in [-0.4, -0.2) is 0 Å². The summed E-state index contributed by atoms with van der Waals surface area (Å²) in [4.78, 5) is 0. The van der Waals surface area contributed by atoms with Gasteiger partial charge in [0.25, 0.3) is 0 Å². The third-order valence-electron chi connectivity index (χ3n) is 5.06. The van der Waals surface area contributed by atoms with E-state index in [0.717, 1.165) is 18.8 Å². The normalized spacial score (nSPS) is 25.9. The SMILES string of the molecule is CC1(C)CCC(c2cccc(C3(N)CC3)c2)CC1. The average Bonchev–Trinajstić information content (AvgIpc) is 3.09. The van der Waals surface area contributed by atoms with Crippen molar-refractivity contribution in [2.24, 2.45) is 11.1 Å². The molecule has 1 nitrogen and oxygen atoms in total. The van der Waals surface area contributed by atoms with Crippen LogP contribution < -0.4 is 5.73 Å². The molecule has 98 valence electrons. The van der Waals surface area contributed by atoms with Crippen LogP contribution in [0.25, 0.3) is 0 Å². The van der Waals surface area contributed by atoms with E-state index in [1.165, 1.54) is 36.8 Å². The lowest BCUT2D eigenvalue weighted by Gasteiger charge is -2.34. The zero-order valence-electron chi connectivity index (χ0n) is 11.7. The van der Waals surface area contributed by atoms with Crippen molar-refractivity contribution in [3.05, 3.63) is 35.4 Å². The van der Waals surface area contributed by atoms with Crippen molar-refractivity contribution in [2.75, 3.05) is 0 Å². The molecule has 1 aromatic carbocycles. The van der Waals surface area contributed by atoms with Crippen LogP contribution in [0.2, 0.25) is 0 Å². The molecule has 2 aliphatic rings. The van der Waals surface area contributed by atoms with Crippen molar-refractivity contribution in [1.82, 2.24) is 0 Å². The molecule has 0 amide bonds. The van der Waals surface area contributed by atoms with E-state index in [-0.39, 0.29) is 5.54 Å². The first-order valence-electron chi connectivity index (χ1n) is 7.38. The average molecular weight is 243 g/mol. The Kier molecular flexibility index (Phi) is 2.78. The maximum absolute atomic E-state index is 6.31. The number of benzene rings is 1. The maximum Gasteiger partial charge on any atom is 0.0411 e. The molecule has 0 radical (unpaired) electrons. The molecule has 2 saturated carbocycles. The van der Waals surface area contributed by atoms with E-state index in [9.17, 15) is 0 Å². The summed E-state index contributed by atoms with van der Waals surface area (Å²) in [6, 6.07) is 9.11. The van der Waals surface area contributed by atoms with Gasteiger partial charge in [-0.3, -0.25) is 0 Å². The Balaban J connectivity index is 1.77. The fraction of sp³-hybridized carbons (Fsp3) is 0.647. The van der Waals surface area contributed by atoms with Gasteiger partial charge in [0.05, 0.1) is 0 Å². The lowest BCUT2D eigenvalue weighted by Crippen LogP contribution is -2.21. The Hall–Kier alpha value is -0.820. The zero-order chi connectivity index (χ0) is 12.8. The topological polar surface area (TPSA) is 26.0 Å². The van der Waals surface area contributed by atoms with Crippen molar-refractivity contribution in [2.45, 2.75) is 63.8 Å². The van der Waals surface area contributed by atoms with Crippen LogP contribution in [0.4, 0.5) is 0 Å². The molecule has 0 unspecified atom stereocenters. The predicted molar refractivity (Wildman–Crippen MR) is 76.5 cm³/mol. The second-order valence-corrected chi connectivity index (χ2v) is 7.22. The van der Waals surface area contributed by atoms with E-state index in [2.05, 4.69) is 38.1 Å². The van der Waals surface area contributed by atoms with E-state index < -0.39 is 0 Å². The molecule has 0 heterocycles. The highest BCUT2D eigenvalue weighted by atomic mass is 14.8. The summed E-state index contributed by atoms with van der Waals surface area (Å²) in [6.07, 6.45) is 7.72. The Morgan fingerprint density at radius 3 is 2.33 bits per heavy atom. The van der Waals surface area contributed by atoms with Crippen molar-refractivity contribution in [3.8, 4) is 0 Å².